The zero-order valence-corrected chi connectivity index (χ0v) is 12.0. The molecule has 0 unspecified atom stereocenters. The van der Waals surface area contributed by atoms with Crippen molar-refractivity contribution in [2.24, 2.45) is 0 Å². The molecule has 0 bridgehead atoms. The van der Waals surface area contributed by atoms with Gasteiger partial charge < -0.3 is 15.4 Å². The maximum Gasteiger partial charge on any atom is 0.220 e. The summed E-state index contributed by atoms with van der Waals surface area (Å²) in [6.45, 7) is 5.44. The standard InChI is InChI=1S/C15H24N2O2/c1-12(2)19-14-8-6-13(7-9-14)11-17-15(18)5-4-10-16-3/h6-9,12,16H,4-5,10-11H2,1-3H3,(H,17,18). The van der Waals surface area contributed by atoms with Crippen LogP contribution in [0.4, 0.5) is 0 Å². The van der Waals surface area contributed by atoms with Gasteiger partial charge in [0.2, 0.25) is 5.91 Å². The van der Waals surface area contributed by atoms with Gasteiger partial charge in [-0.1, -0.05) is 12.1 Å². The van der Waals surface area contributed by atoms with Crippen LogP contribution in [0.3, 0.4) is 0 Å². The molecule has 0 aromatic heterocycles. The van der Waals surface area contributed by atoms with Crippen LogP contribution in [0.1, 0.15) is 32.3 Å². The van der Waals surface area contributed by atoms with E-state index in [4.69, 9.17) is 4.74 Å². The number of hydrogen-bond acceptors (Lipinski definition) is 3. The highest BCUT2D eigenvalue weighted by Crippen LogP contribution is 2.13. The molecular weight excluding hydrogens is 240 g/mol. The zero-order chi connectivity index (χ0) is 14.1. The third kappa shape index (κ3) is 6.82. The Labute approximate surface area is 115 Å². The number of carbonyl (C=O) groups is 1. The van der Waals surface area contributed by atoms with E-state index in [-0.39, 0.29) is 12.0 Å². The summed E-state index contributed by atoms with van der Waals surface area (Å²) in [5.41, 5.74) is 1.08. The van der Waals surface area contributed by atoms with Crippen molar-refractivity contribution >= 4 is 5.91 Å². The lowest BCUT2D eigenvalue weighted by atomic mass is 10.2. The molecule has 0 spiro atoms. The molecule has 1 aromatic rings. The minimum atomic E-state index is 0.0951. The molecule has 19 heavy (non-hydrogen) atoms. The van der Waals surface area contributed by atoms with Crippen molar-refractivity contribution in [2.45, 2.75) is 39.3 Å². The Morgan fingerprint density at radius 1 is 1.26 bits per heavy atom. The number of carbonyl (C=O) groups excluding carboxylic acids is 1. The van der Waals surface area contributed by atoms with Gasteiger partial charge in [-0.15, -0.1) is 0 Å². The first-order chi connectivity index (χ1) is 9.11. The van der Waals surface area contributed by atoms with Gasteiger partial charge in [0.1, 0.15) is 5.75 Å². The van der Waals surface area contributed by atoms with E-state index < -0.39 is 0 Å². The molecule has 1 rings (SSSR count). The Bertz CT molecular complexity index is 374. The fourth-order valence-electron chi connectivity index (χ4n) is 1.67. The molecule has 0 radical (unpaired) electrons. The lowest BCUT2D eigenvalue weighted by Gasteiger charge is -2.10. The van der Waals surface area contributed by atoms with Gasteiger partial charge in [-0.2, -0.15) is 0 Å². The Morgan fingerprint density at radius 3 is 2.53 bits per heavy atom. The summed E-state index contributed by atoms with van der Waals surface area (Å²) >= 11 is 0. The monoisotopic (exact) mass is 264 g/mol. The summed E-state index contributed by atoms with van der Waals surface area (Å²) in [5.74, 6) is 0.955. The van der Waals surface area contributed by atoms with Gasteiger partial charge in [-0.05, 0) is 51.6 Å². The fraction of sp³-hybridized carbons (Fsp3) is 0.533. The van der Waals surface area contributed by atoms with E-state index in [0.717, 1.165) is 24.3 Å². The molecule has 106 valence electrons. The van der Waals surface area contributed by atoms with E-state index in [0.29, 0.717) is 13.0 Å². The summed E-state index contributed by atoms with van der Waals surface area (Å²) in [6, 6.07) is 7.82. The van der Waals surface area contributed by atoms with Gasteiger partial charge in [0.25, 0.3) is 0 Å². The Balaban J connectivity index is 2.31. The smallest absolute Gasteiger partial charge is 0.220 e. The molecule has 0 heterocycles. The van der Waals surface area contributed by atoms with Gasteiger partial charge in [-0.3, -0.25) is 4.79 Å². The van der Waals surface area contributed by atoms with Crippen molar-refractivity contribution in [1.29, 1.82) is 0 Å². The van der Waals surface area contributed by atoms with Gasteiger partial charge in [-0.25, -0.2) is 0 Å². The number of benzene rings is 1. The van der Waals surface area contributed by atoms with Crippen LogP contribution < -0.4 is 15.4 Å². The zero-order valence-electron chi connectivity index (χ0n) is 12.0. The van der Waals surface area contributed by atoms with Crippen molar-refractivity contribution in [3.05, 3.63) is 29.8 Å². The van der Waals surface area contributed by atoms with Crippen LogP contribution in [-0.2, 0) is 11.3 Å². The van der Waals surface area contributed by atoms with E-state index in [1.165, 1.54) is 0 Å². The molecule has 0 aliphatic rings. The molecule has 4 nitrogen and oxygen atoms in total. The number of rotatable bonds is 8. The van der Waals surface area contributed by atoms with Gasteiger partial charge in [0, 0.05) is 13.0 Å². The number of nitrogens with one attached hydrogen (secondary N) is 2. The predicted octanol–water partition coefficient (Wildman–Crippen LogP) is 2.09. The summed E-state index contributed by atoms with van der Waals surface area (Å²) in [7, 11) is 1.89. The molecular formula is C15H24N2O2. The average Bonchev–Trinajstić information content (AvgIpc) is 2.37. The van der Waals surface area contributed by atoms with Gasteiger partial charge >= 0.3 is 0 Å². The Morgan fingerprint density at radius 2 is 1.95 bits per heavy atom. The van der Waals surface area contributed by atoms with Crippen LogP contribution in [0.5, 0.6) is 5.75 Å². The van der Waals surface area contributed by atoms with Crippen molar-refractivity contribution in [3.63, 3.8) is 0 Å². The van der Waals surface area contributed by atoms with Gasteiger partial charge in [0.05, 0.1) is 6.10 Å². The molecule has 0 saturated carbocycles. The molecule has 2 N–H and O–H groups in total. The van der Waals surface area contributed by atoms with Crippen molar-refractivity contribution < 1.29 is 9.53 Å². The maximum atomic E-state index is 11.5. The summed E-state index contributed by atoms with van der Waals surface area (Å²) in [5, 5.41) is 5.94. The van der Waals surface area contributed by atoms with Crippen molar-refractivity contribution in [2.75, 3.05) is 13.6 Å². The SMILES string of the molecule is CNCCCC(=O)NCc1ccc(OC(C)C)cc1. The second-order valence-electron chi connectivity index (χ2n) is 4.79. The predicted molar refractivity (Wildman–Crippen MR) is 77.2 cm³/mol. The van der Waals surface area contributed by atoms with E-state index >= 15 is 0 Å². The Kier molecular flexibility index (Phi) is 6.97. The Hall–Kier alpha value is -1.55. The third-order valence-electron chi connectivity index (χ3n) is 2.62. The molecule has 0 saturated heterocycles. The van der Waals surface area contributed by atoms with Crippen molar-refractivity contribution in [3.8, 4) is 5.75 Å². The largest absolute Gasteiger partial charge is 0.491 e. The highest BCUT2D eigenvalue weighted by atomic mass is 16.5. The molecule has 0 aliphatic carbocycles. The molecule has 1 amide bonds. The second-order valence-corrected chi connectivity index (χ2v) is 4.79. The minimum absolute atomic E-state index is 0.0951. The number of amides is 1. The quantitative estimate of drug-likeness (QED) is 0.707. The number of hydrogen-bond donors (Lipinski definition) is 2. The first-order valence-electron chi connectivity index (χ1n) is 6.78. The van der Waals surface area contributed by atoms with Crippen LogP contribution >= 0.6 is 0 Å². The lowest BCUT2D eigenvalue weighted by Crippen LogP contribution is -2.23. The van der Waals surface area contributed by atoms with E-state index in [1.807, 2.05) is 45.2 Å². The van der Waals surface area contributed by atoms with Crippen LogP contribution in [-0.4, -0.2) is 25.6 Å². The highest BCUT2D eigenvalue weighted by Gasteiger charge is 2.02. The van der Waals surface area contributed by atoms with Crippen LogP contribution in [0, 0.1) is 0 Å². The molecule has 4 heteroatoms. The third-order valence-corrected chi connectivity index (χ3v) is 2.62. The molecule has 1 aromatic carbocycles. The van der Waals surface area contributed by atoms with Crippen LogP contribution in [0.25, 0.3) is 0 Å². The number of ether oxygens (including phenoxy) is 1. The normalized spacial score (nSPS) is 10.5. The summed E-state index contributed by atoms with van der Waals surface area (Å²) < 4.78 is 5.57. The fourth-order valence-corrected chi connectivity index (χ4v) is 1.67. The van der Waals surface area contributed by atoms with E-state index in [2.05, 4.69) is 10.6 Å². The highest BCUT2D eigenvalue weighted by molar-refractivity contribution is 5.75. The first kappa shape index (κ1) is 15.5. The topological polar surface area (TPSA) is 50.4 Å². The lowest BCUT2D eigenvalue weighted by molar-refractivity contribution is -0.121. The molecule has 0 atom stereocenters. The van der Waals surface area contributed by atoms with E-state index in [9.17, 15) is 4.79 Å². The molecule has 0 aliphatic heterocycles. The molecule has 0 fully saturated rings. The van der Waals surface area contributed by atoms with Crippen LogP contribution in [0.15, 0.2) is 24.3 Å². The second kappa shape index (κ2) is 8.53. The first-order valence-corrected chi connectivity index (χ1v) is 6.78. The van der Waals surface area contributed by atoms with Crippen molar-refractivity contribution in [1.82, 2.24) is 10.6 Å². The maximum absolute atomic E-state index is 11.5. The van der Waals surface area contributed by atoms with E-state index in [1.54, 1.807) is 0 Å². The van der Waals surface area contributed by atoms with Gasteiger partial charge in [0.15, 0.2) is 0 Å². The average molecular weight is 264 g/mol. The minimum Gasteiger partial charge on any atom is -0.491 e. The summed E-state index contributed by atoms with van der Waals surface area (Å²) in [4.78, 5) is 11.5. The summed E-state index contributed by atoms with van der Waals surface area (Å²) in [6.07, 6.45) is 1.61. The van der Waals surface area contributed by atoms with Crippen LogP contribution in [0.2, 0.25) is 0 Å².